The molecule has 0 bridgehead atoms. The van der Waals surface area contributed by atoms with E-state index >= 15 is 0 Å². The summed E-state index contributed by atoms with van der Waals surface area (Å²) in [5.41, 5.74) is 3.25. The third-order valence-electron chi connectivity index (χ3n) is 4.16. The van der Waals surface area contributed by atoms with E-state index in [1.807, 2.05) is 11.7 Å². The second-order valence-corrected chi connectivity index (χ2v) is 5.58. The Hall–Kier alpha value is -1.14. The van der Waals surface area contributed by atoms with Crippen LogP contribution in [0.1, 0.15) is 37.9 Å². The highest BCUT2D eigenvalue weighted by Gasteiger charge is 2.31. The molecule has 1 N–H and O–H groups in total. The van der Waals surface area contributed by atoms with Crippen molar-refractivity contribution in [2.24, 2.45) is 7.05 Å². The van der Waals surface area contributed by atoms with Crippen LogP contribution in [0.25, 0.3) is 11.2 Å². The molecule has 5 nitrogen and oxygen atoms in total. The third kappa shape index (κ3) is 1.85. The van der Waals surface area contributed by atoms with Gasteiger partial charge in [-0.3, -0.25) is 9.25 Å². The fraction of sp³-hybridized carbons (Fsp3) is 0.692. The lowest BCUT2D eigenvalue weighted by Crippen LogP contribution is -2.21. The predicted molar refractivity (Wildman–Crippen MR) is 77.0 cm³/mol. The summed E-state index contributed by atoms with van der Waals surface area (Å²) in [7, 11) is 3.77. The molecule has 3 rings (SSSR count). The predicted octanol–water partition coefficient (Wildman–Crippen LogP) is 2.73. The molecule has 2 aromatic rings. The fourth-order valence-corrected chi connectivity index (χ4v) is 3.59. The van der Waals surface area contributed by atoms with Crippen molar-refractivity contribution in [3.05, 3.63) is 10.5 Å². The van der Waals surface area contributed by atoms with Crippen LogP contribution in [-0.4, -0.2) is 32.5 Å². The number of hydrogen-bond acceptors (Lipinski definition) is 3. The first-order valence-corrected chi connectivity index (χ1v) is 7.27. The maximum absolute atomic E-state index is 5.61. The molecule has 0 amide bonds. The number of imidazole rings is 1. The zero-order chi connectivity index (χ0) is 13.6. The molecule has 6 heteroatoms. The van der Waals surface area contributed by atoms with Gasteiger partial charge in [0.1, 0.15) is 5.52 Å². The minimum atomic E-state index is 0.255. The van der Waals surface area contributed by atoms with E-state index in [1.165, 1.54) is 6.42 Å². The van der Waals surface area contributed by atoms with Crippen LogP contribution >= 0.6 is 12.2 Å². The van der Waals surface area contributed by atoms with E-state index in [9.17, 15) is 0 Å². The smallest absolute Gasteiger partial charge is 0.179 e. The highest BCUT2D eigenvalue weighted by atomic mass is 32.1. The van der Waals surface area contributed by atoms with Gasteiger partial charge >= 0.3 is 0 Å². The van der Waals surface area contributed by atoms with Gasteiger partial charge in [0.2, 0.25) is 0 Å². The van der Waals surface area contributed by atoms with E-state index in [4.69, 9.17) is 17.0 Å². The first-order valence-electron chi connectivity index (χ1n) is 6.86. The van der Waals surface area contributed by atoms with E-state index in [2.05, 4.69) is 21.6 Å². The highest BCUT2D eigenvalue weighted by molar-refractivity contribution is 7.71. The number of aryl methyl sites for hydroxylation is 2. The highest BCUT2D eigenvalue weighted by Crippen LogP contribution is 2.35. The molecule has 1 saturated carbocycles. The molecule has 0 aromatic carbocycles. The van der Waals surface area contributed by atoms with E-state index in [0.29, 0.717) is 6.04 Å². The molecule has 0 aliphatic heterocycles. The summed E-state index contributed by atoms with van der Waals surface area (Å²) < 4.78 is 10.5. The zero-order valence-electron chi connectivity index (χ0n) is 11.6. The van der Waals surface area contributed by atoms with Crippen LogP contribution in [0.3, 0.4) is 0 Å². The van der Waals surface area contributed by atoms with Gasteiger partial charge < -0.3 is 9.72 Å². The molecular formula is C13H20N4OS. The summed E-state index contributed by atoms with van der Waals surface area (Å²) in [4.78, 5) is 3.33. The Kier molecular flexibility index (Phi) is 3.22. The first kappa shape index (κ1) is 12.9. The van der Waals surface area contributed by atoms with Crippen molar-refractivity contribution in [1.29, 1.82) is 0 Å². The van der Waals surface area contributed by atoms with E-state index in [0.717, 1.165) is 40.9 Å². The summed E-state index contributed by atoms with van der Waals surface area (Å²) in [6.45, 7) is 2.11. The number of H-pyrrole nitrogens is 1. The average Bonchev–Trinajstić information content (AvgIpc) is 3.05. The van der Waals surface area contributed by atoms with Gasteiger partial charge in [-0.05, 0) is 37.9 Å². The molecule has 0 spiro atoms. The van der Waals surface area contributed by atoms with Gasteiger partial charge in [0.05, 0.1) is 17.8 Å². The van der Waals surface area contributed by atoms with Gasteiger partial charge in [-0.15, -0.1) is 0 Å². The van der Waals surface area contributed by atoms with Gasteiger partial charge in [0, 0.05) is 14.2 Å². The summed E-state index contributed by atoms with van der Waals surface area (Å²) in [6, 6.07) is 0.325. The Morgan fingerprint density at radius 2 is 2.26 bits per heavy atom. The Balaban J connectivity index is 2.20. The van der Waals surface area contributed by atoms with Crippen molar-refractivity contribution in [3.63, 3.8) is 0 Å². The number of nitrogens with zero attached hydrogens (tertiary/aromatic N) is 3. The average molecular weight is 280 g/mol. The monoisotopic (exact) mass is 280 g/mol. The fourth-order valence-electron chi connectivity index (χ4n) is 3.27. The number of fused-ring (bicyclic) bond motifs is 1. The van der Waals surface area contributed by atoms with Gasteiger partial charge in [0.25, 0.3) is 0 Å². The molecule has 2 atom stereocenters. The quantitative estimate of drug-likeness (QED) is 0.879. The van der Waals surface area contributed by atoms with Gasteiger partial charge in [-0.2, -0.15) is 5.10 Å². The molecule has 2 unspecified atom stereocenters. The second-order valence-electron chi connectivity index (χ2n) is 5.20. The lowest BCUT2D eigenvalue weighted by molar-refractivity contribution is 0.0754. The lowest BCUT2D eigenvalue weighted by atomic mass is 10.2. The van der Waals surface area contributed by atoms with Crippen LogP contribution in [0.15, 0.2) is 0 Å². The Bertz CT molecular complexity index is 653. The largest absolute Gasteiger partial charge is 0.379 e. The lowest BCUT2D eigenvalue weighted by Gasteiger charge is -2.20. The molecule has 2 heterocycles. The Labute approximate surface area is 117 Å². The first-order chi connectivity index (χ1) is 9.17. The second kappa shape index (κ2) is 4.76. The van der Waals surface area contributed by atoms with Crippen molar-refractivity contribution in [3.8, 4) is 0 Å². The molecule has 104 valence electrons. The van der Waals surface area contributed by atoms with Crippen LogP contribution in [0.5, 0.6) is 0 Å². The number of nitrogens with one attached hydrogen (secondary N) is 1. The van der Waals surface area contributed by atoms with Gasteiger partial charge in [0.15, 0.2) is 10.4 Å². The molecular weight excluding hydrogens is 260 g/mol. The van der Waals surface area contributed by atoms with Crippen LogP contribution in [-0.2, 0) is 18.2 Å². The number of methoxy groups -OCH3 is 1. The molecule has 19 heavy (non-hydrogen) atoms. The standard InChI is InChI=1S/C13H20N4OS/c1-4-8-11-12(16(2)15-8)17(13(19)14-11)9-6-5-7-10(9)18-3/h9-10H,4-7H2,1-3H3,(H,14,19). The molecule has 0 saturated heterocycles. The van der Waals surface area contributed by atoms with Crippen molar-refractivity contribution >= 4 is 23.4 Å². The van der Waals surface area contributed by atoms with Crippen molar-refractivity contribution < 1.29 is 4.74 Å². The summed E-state index contributed by atoms with van der Waals surface area (Å²) in [5.74, 6) is 0. The number of rotatable bonds is 3. The van der Waals surface area contributed by atoms with E-state index < -0.39 is 0 Å². The van der Waals surface area contributed by atoms with Crippen molar-refractivity contribution in [2.75, 3.05) is 7.11 Å². The third-order valence-corrected chi connectivity index (χ3v) is 4.45. The van der Waals surface area contributed by atoms with Crippen molar-refractivity contribution in [1.82, 2.24) is 19.3 Å². The van der Waals surface area contributed by atoms with Crippen LogP contribution in [0.4, 0.5) is 0 Å². The summed E-state index contributed by atoms with van der Waals surface area (Å²) in [5, 5.41) is 4.57. The summed E-state index contributed by atoms with van der Waals surface area (Å²) >= 11 is 5.52. The SMILES string of the molecule is CCc1nn(C)c2c1[nH]c(=S)n2C1CCCC1OC. The number of hydrogen-bond donors (Lipinski definition) is 1. The van der Waals surface area contributed by atoms with Crippen LogP contribution < -0.4 is 0 Å². The molecule has 1 aliphatic rings. The zero-order valence-corrected chi connectivity index (χ0v) is 12.5. The van der Waals surface area contributed by atoms with E-state index in [1.54, 1.807) is 7.11 Å². The maximum Gasteiger partial charge on any atom is 0.179 e. The van der Waals surface area contributed by atoms with Gasteiger partial charge in [-0.25, -0.2) is 0 Å². The number of ether oxygens (including phenoxy) is 1. The minimum Gasteiger partial charge on any atom is -0.379 e. The Morgan fingerprint density at radius 3 is 2.95 bits per heavy atom. The summed E-state index contributed by atoms with van der Waals surface area (Å²) in [6.07, 6.45) is 4.58. The number of aromatic nitrogens is 4. The van der Waals surface area contributed by atoms with Crippen LogP contribution in [0, 0.1) is 4.77 Å². The normalized spacial score (nSPS) is 23.5. The molecule has 1 fully saturated rings. The molecule has 2 aromatic heterocycles. The molecule has 0 radical (unpaired) electrons. The van der Waals surface area contributed by atoms with Gasteiger partial charge in [-0.1, -0.05) is 6.92 Å². The van der Waals surface area contributed by atoms with Crippen LogP contribution in [0.2, 0.25) is 0 Å². The maximum atomic E-state index is 5.61. The van der Waals surface area contributed by atoms with Crippen molar-refractivity contribution in [2.45, 2.75) is 44.8 Å². The topological polar surface area (TPSA) is 47.8 Å². The Morgan fingerprint density at radius 1 is 1.47 bits per heavy atom. The van der Waals surface area contributed by atoms with E-state index in [-0.39, 0.29) is 6.10 Å². The minimum absolute atomic E-state index is 0.255. The number of aromatic amines is 1. The molecule has 1 aliphatic carbocycles.